The third-order valence-corrected chi connectivity index (χ3v) is 3.56. The largest absolute Gasteiger partial charge is 0.260 e. The Balaban J connectivity index is 2.83. The summed E-state index contributed by atoms with van der Waals surface area (Å²) < 4.78 is 25.4. The third kappa shape index (κ3) is 3.60. The van der Waals surface area contributed by atoms with Crippen LogP contribution in [0, 0.1) is 0 Å². The zero-order valence-electron chi connectivity index (χ0n) is 8.97. The van der Waals surface area contributed by atoms with Crippen molar-refractivity contribution in [3.05, 3.63) is 30.1 Å². The van der Waals surface area contributed by atoms with Gasteiger partial charge in [-0.15, -0.1) is 0 Å². The minimum absolute atomic E-state index is 0.0936. The zero-order valence-corrected chi connectivity index (χ0v) is 9.79. The lowest BCUT2D eigenvalue weighted by atomic mass is 10.1. The van der Waals surface area contributed by atoms with Gasteiger partial charge < -0.3 is 0 Å². The van der Waals surface area contributed by atoms with Gasteiger partial charge in [-0.1, -0.05) is 13.0 Å². The fraction of sp³-hybridized carbons (Fsp3) is 0.500. The van der Waals surface area contributed by atoms with E-state index < -0.39 is 10.0 Å². The summed E-state index contributed by atoms with van der Waals surface area (Å²) >= 11 is 0. The molecule has 1 unspecified atom stereocenters. The Morgan fingerprint density at radius 3 is 2.60 bits per heavy atom. The molecule has 0 bridgehead atoms. The van der Waals surface area contributed by atoms with Crippen molar-refractivity contribution in [2.45, 2.75) is 26.3 Å². The van der Waals surface area contributed by atoms with Gasteiger partial charge in [-0.3, -0.25) is 4.98 Å². The van der Waals surface area contributed by atoms with Crippen LogP contribution in [-0.2, 0) is 10.0 Å². The molecule has 0 fully saturated rings. The van der Waals surface area contributed by atoms with Gasteiger partial charge in [-0.2, -0.15) is 0 Å². The van der Waals surface area contributed by atoms with Crippen molar-refractivity contribution in [2.75, 3.05) is 5.75 Å². The fourth-order valence-electron chi connectivity index (χ4n) is 1.24. The number of hydrogen-bond acceptors (Lipinski definition) is 3. The number of aromatic nitrogens is 1. The van der Waals surface area contributed by atoms with Crippen molar-refractivity contribution in [3.8, 4) is 0 Å². The zero-order chi connectivity index (χ0) is 11.3. The van der Waals surface area contributed by atoms with Gasteiger partial charge in [0.15, 0.2) is 0 Å². The highest BCUT2D eigenvalue weighted by molar-refractivity contribution is 7.89. The van der Waals surface area contributed by atoms with Crippen molar-refractivity contribution in [2.24, 2.45) is 0 Å². The van der Waals surface area contributed by atoms with E-state index in [-0.39, 0.29) is 11.8 Å². The number of nitrogens with one attached hydrogen (secondary N) is 1. The molecule has 4 nitrogen and oxygen atoms in total. The Bertz CT molecular complexity index is 389. The third-order valence-electron chi connectivity index (χ3n) is 2.15. The molecule has 0 saturated heterocycles. The predicted molar refractivity (Wildman–Crippen MR) is 59.9 cm³/mol. The maximum Gasteiger partial charge on any atom is 0.211 e. The van der Waals surface area contributed by atoms with Crippen molar-refractivity contribution in [1.82, 2.24) is 9.71 Å². The lowest BCUT2D eigenvalue weighted by Crippen LogP contribution is -2.30. The number of pyridine rings is 1. The maximum absolute atomic E-state index is 11.4. The molecule has 0 aliphatic heterocycles. The average Bonchev–Trinajstić information content (AvgIpc) is 2.27. The molecule has 0 spiro atoms. The first-order valence-corrected chi connectivity index (χ1v) is 6.65. The molecule has 0 aliphatic carbocycles. The van der Waals surface area contributed by atoms with Crippen LogP contribution in [0.5, 0.6) is 0 Å². The highest BCUT2D eigenvalue weighted by Crippen LogP contribution is 2.14. The summed E-state index contributed by atoms with van der Waals surface area (Å²) in [7, 11) is -3.17. The summed E-state index contributed by atoms with van der Waals surface area (Å²) in [5.74, 6) is 0.0936. The first-order valence-electron chi connectivity index (χ1n) is 5.00. The maximum atomic E-state index is 11.4. The number of nitrogens with zero attached hydrogens (tertiary/aromatic N) is 1. The lowest BCUT2D eigenvalue weighted by molar-refractivity contribution is 0.545. The molecule has 1 atom stereocenters. The van der Waals surface area contributed by atoms with E-state index in [1.165, 1.54) is 0 Å². The molecule has 15 heavy (non-hydrogen) atoms. The molecular formula is C10H16N2O2S. The highest BCUT2D eigenvalue weighted by atomic mass is 32.2. The van der Waals surface area contributed by atoms with E-state index in [4.69, 9.17) is 0 Å². The normalized spacial score (nSPS) is 13.7. The first-order chi connectivity index (χ1) is 7.09. The molecule has 0 aliphatic rings. The molecule has 0 aromatic carbocycles. The van der Waals surface area contributed by atoms with E-state index >= 15 is 0 Å². The van der Waals surface area contributed by atoms with Gasteiger partial charge in [0.05, 0.1) is 17.5 Å². The van der Waals surface area contributed by atoms with Gasteiger partial charge in [0.25, 0.3) is 0 Å². The minimum Gasteiger partial charge on any atom is -0.260 e. The minimum atomic E-state index is -3.17. The van der Waals surface area contributed by atoms with Crippen LogP contribution in [0.25, 0.3) is 0 Å². The van der Waals surface area contributed by atoms with Crippen molar-refractivity contribution in [3.63, 3.8) is 0 Å². The Hall–Kier alpha value is -0.940. The molecule has 1 aromatic heterocycles. The fourth-order valence-corrected chi connectivity index (χ4v) is 2.12. The SMILES string of the molecule is CCC(NS(=O)(=O)CC)c1ccccn1. The second kappa shape index (κ2) is 5.23. The molecule has 1 aromatic rings. The first kappa shape index (κ1) is 12.1. The second-order valence-electron chi connectivity index (χ2n) is 3.24. The van der Waals surface area contributed by atoms with E-state index in [9.17, 15) is 8.42 Å². The monoisotopic (exact) mass is 228 g/mol. The molecule has 1 N–H and O–H groups in total. The highest BCUT2D eigenvalue weighted by Gasteiger charge is 2.16. The van der Waals surface area contributed by atoms with Crippen molar-refractivity contribution < 1.29 is 8.42 Å². The van der Waals surface area contributed by atoms with E-state index in [0.717, 1.165) is 5.69 Å². The van der Waals surface area contributed by atoms with Crippen molar-refractivity contribution in [1.29, 1.82) is 0 Å². The van der Waals surface area contributed by atoms with Crippen LogP contribution in [0.4, 0.5) is 0 Å². The molecule has 1 heterocycles. The summed E-state index contributed by atoms with van der Waals surface area (Å²) in [4.78, 5) is 4.14. The Labute approximate surface area is 90.8 Å². The number of sulfonamides is 1. The van der Waals surface area contributed by atoms with E-state index in [1.807, 2.05) is 25.1 Å². The van der Waals surface area contributed by atoms with Crippen LogP contribution in [0.2, 0.25) is 0 Å². The van der Waals surface area contributed by atoms with Crippen LogP contribution in [0.3, 0.4) is 0 Å². The number of rotatable bonds is 5. The quantitative estimate of drug-likeness (QED) is 0.830. The Morgan fingerprint density at radius 2 is 2.13 bits per heavy atom. The van der Waals surface area contributed by atoms with Crippen molar-refractivity contribution >= 4 is 10.0 Å². The van der Waals surface area contributed by atoms with Crippen LogP contribution < -0.4 is 4.72 Å². The average molecular weight is 228 g/mol. The Morgan fingerprint density at radius 1 is 1.40 bits per heavy atom. The lowest BCUT2D eigenvalue weighted by Gasteiger charge is -2.15. The molecule has 1 rings (SSSR count). The van der Waals surface area contributed by atoms with Crippen LogP contribution in [0.1, 0.15) is 32.0 Å². The van der Waals surface area contributed by atoms with Gasteiger partial charge in [-0.05, 0) is 25.5 Å². The molecule has 84 valence electrons. The second-order valence-corrected chi connectivity index (χ2v) is 5.28. The van der Waals surface area contributed by atoms with Crippen LogP contribution in [-0.4, -0.2) is 19.2 Å². The van der Waals surface area contributed by atoms with Gasteiger partial charge in [0.1, 0.15) is 0 Å². The number of hydrogen-bond donors (Lipinski definition) is 1. The van der Waals surface area contributed by atoms with Gasteiger partial charge >= 0.3 is 0 Å². The van der Waals surface area contributed by atoms with Gasteiger partial charge in [-0.25, -0.2) is 13.1 Å². The standard InChI is InChI=1S/C10H16N2O2S/c1-3-9(12-15(13,14)4-2)10-7-5-6-8-11-10/h5-9,12H,3-4H2,1-2H3. The predicted octanol–water partition coefficient (Wildman–Crippen LogP) is 1.47. The van der Waals surface area contributed by atoms with Crippen LogP contribution >= 0.6 is 0 Å². The van der Waals surface area contributed by atoms with Crippen LogP contribution in [0.15, 0.2) is 24.4 Å². The molecule has 0 amide bonds. The van der Waals surface area contributed by atoms with Gasteiger partial charge in [0, 0.05) is 6.20 Å². The van der Waals surface area contributed by atoms with Gasteiger partial charge in [0.2, 0.25) is 10.0 Å². The summed E-state index contributed by atoms with van der Waals surface area (Å²) in [6, 6.07) is 5.26. The topological polar surface area (TPSA) is 59.1 Å². The van der Waals surface area contributed by atoms with E-state index in [2.05, 4.69) is 9.71 Å². The smallest absolute Gasteiger partial charge is 0.211 e. The summed E-state index contributed by atoms with van der Waals surface area (Å²) in [5.41, 5.74) is 0.761. The molecule has 0 saturated carbocycles. The van der Waals surface area contributed by atoms with E-state index in [0.29, 0.717) is 6.42 Å². The Kier molecular flexibility index (Phi) is 4.23. The molecular weight excluding hydrogens is 212 g/mol. The summed E-state index contributed by atoms with van der Waals surface area (Å²) in [6.45, 7) is 3.55. The van der Waals surface area contributed by atoms with E-state index in [1.54, 1.807) is 13.1 Å². The molecule has 5 heteroatoms. The molecule has 0 radical (unpaired) electrons. The summed E-state index contributed by atoms with van der Waals surface area (Å²) in [5, 5.41) is 0. The summed E-state index contributed by atoms with van der Waals surface area (Å²) in [6.07, 6.45) is 2.36.